The highest BCUT2D eigenvalue weighted by Gasteiger charge is 2.22. The van der Waals surface area contributed by atoms with Crippen LogP contribution in [0.2, 0.25) is 10.0 Å². The molecule has 2 amide bonds. The number of anilines is 1. The largest absolute Gasteiger partial charge is 0.366 e. The van der Waals surface area contributed by atoms with Gasteiger partial charge in [-0.1, -0.05) is 29.3 Å². The molecular weight excluding hydrogens is 361 g/mol. The standard InChI is InChI=1S/C18H19Cl2N3O2/c1-11(23(2)10-12-3-8-15(19)16(20)9-12)18(25)22-14-6-4-13(5-7-14)17(21)24/h3-9,11H,10H2,1-2H3,(H2,21,24)(H,22,25)/p+1/t11-/m1/s1. The molecule has 4 N–H and O–H groups in total. The molecule has 0 radical (unpaired) electrons. The van der Waals surface area contributed by atoms with Crippen molar-refractivity contribution in [2.75, 3.05) is 12.4 Å². The van der Waals surface area contributed by atoms with Crippen LogP contribution in [0, 0.1) is 0 Å². The van der Waals surface area contributed by atoms with Gasteiger partial charge in [0.2, 0.25) is 5.91 Å². The Hall–Kier alpha value is -2.08. The summed E-state index contributed by atoms with van der Waals surface area (Å²) in [7, 11) is 1.93. The van der Waals surface area contributed by atoms with Gasteiger partial charge in [-0.2, -0.15) is 0 Å². The number of quaternary nitrogens is 1. The maximum atomic E-state index is 12.4. The summed E-state index contributed by atoms with van der Waals surface area (Å²) in [5.41, 5.74) is 7.21. The predicted molar refractivity (Wildman–Crippen MR) is 100 cm³/mol. The number of carbonyl (C=O) groups excluding carboxylic acids is 2. The van der Waals surface area contributed by atoms with Gasteiger partial charge in [-0.05, 0) is 43.3 Å². The maximum absolute atomic E-state index is 12.4. The number of benzene rings is 2. The van der Waals surface area contributed by atoms with Gasteiger partial charge < -0.3 is 16.0 Å². The molecule has 7 heteroatoms. The van der Waals surface area contributed by atoms with Crippen molar-refractivity contribution in [3.8, 4) is 0 Å². The van der Waals surface area contributed by atoms with E-state index >= 15 is 0 Å². The Bertz CT molecular complexity index is 778. The quantitative estimate of drug-likeness (QED) is 0.717. The van der Waals surface area contributed by atoms with Crippen LogP contribution in [0.15, 0.2) is 42.5 Å². The lowest BCUT2D eigenvalue weighted by molar-refractivity contribution is -0.907. The highest BCUT2D eigenvalue weighted by molar-refractivity contribution is 6.42. The van der Waals surface area contributed by atoms with Gasteiger partial charge >= 0.3 is 0 Å². The second-order valence-electron chi connectivity index (χ2n) is 5.92. The highest BCUT2D eigenvalue weighted by Crippen LogP contribution is 2.22. The Labute approximate surface area is 156 Å². The molecule has 0 aliphatic rings. The minimum Gasteiger partial charge on any atom is -0.366 e. The number of hydrogen-bond acceptors (Lipinski definition) is 2. The number of carbonyl (C=O) groups is 2. The number of rotatable bonds is 6. The van der Waals surface area contributed by atoms with Crippen LogP contribution in [0.1, 0.15) is 22.8 Å². The number of primary amides is 1. The lowest BCUT2D eigenvalue weighted by Gasteiger charge is -2.21. The molecule has 0 fully saturated rings. The second-order valence-corrected chi connectivity index (χ2v) is 6.74. The van der Waals surface area contributed by atoms with Gasteiger partial charge in [0, 0.05) is 16.8 Å². The van der Waals surface area contributed by atoms with Gasteiger partial charge in [0.05, 0.1) is 17.1 Å². The van der Waals surface area contributed by atoms with Gasteiger partial charge in [0.1, 0.15) is 6.54 Å². The first-order chi connectivity index (χ1) is 11.8. The molecule has 2 aromatic carbocycles. The molecule has 0 heterocycles. The molecule has 0 saturated carbocycles. The molecule has 2 atom stereocenters. The molecular formula is C18H20Cl2N3O2+. The number of likely N-dealkylation sites (N-methyl/N-ethyl adjacent to an activating group) is 1. The SMILES string of the molecule is C[C@H](C(=O)Nc1ccc(C(N)=O)cc1)[NH+](C)Cc1ccc(Cl)c(Cl)c1. The van der Waals surface area contributed by atoms with Crippen molar-refractivity contribution in [2.24, 2.45) is 5.73 Å². The van der Waals surface area contributed by atoms with Crippen molar-refractivity contribution < 1.29 is 14.5 Å². The first kappa shape index (κ1) is 19.2. The summed E-state index contributed by atoms with van der Waals surface area (Å²) in [6, 6.07) is 11.6. The summed E-state index contributed by atoms with van der Waals surface area (Å²) in [6.07, 6.45) is 0. The minimum atomic E-state index is -0.503. The van der Waals surface area contributed by atoms with Crippen LogP contribution in [-0.4, -0.2) is 24.9 Å². The zero-order valence-corrected chi connectivity index (χ0v) is 15.5. The molecule has 0 bridgehead atoms. The van der Waals surface area contributed by atoms with Crippen LogP contribution in [0.3, 0.4) is 0 Å². The summed E-state index contributed by atoms with van der Waals surface area (Å²) in [5.74, 6) is -0.624. The highest BCUT2D eigenvalue weighted by atomic mass is 35.5. The molecule has 0 aliphatic carbocycles. The minimum absolute atomic E-state index is 0.121. The van der Waals surface area contributed by atoms with Gasteiger partial charge in [-0.25, -0.2) is 0 Å². The first-order valence-electron chi connectivity index (χ1n) is 7.75. The number of amides is 2. The third kappa shape index (κ3) is 5.19. The van der Waals surface area contributed by atoms with Gasteiger partial charge in [0.25, 0.3) is 5.91 Å². The maximum Gasteiger partial charge on any atom is 0.282 e. The monoisotopic (exact) mass is 380 g/mol. The van der Waals surface area contributed by atoms with Crippen LogP contribution in [-0.2, 0) is 11.3 Å². The molecule has 1 unspecified atom stereocenters. The van der Waals surface area contributed by atoms with E-state index < -0.39 is 5.91 Å². The molecule has 0 saturated heterocycles. The fourth-order valence-electron chi connectivity index (χ4n) is 2.32. The molecule has 2 rings (SSSR count). The molecule has 132 valence electrons. The number of nitrogens with two attached hydrogens (primary N) is 1. The summed E-state index contributed by atoms with van der Waals surface area (Å²) >= 11 is 11.9. The molecule has 2 aromatic rings. The smallest absolute Gasteiger partial charge is 0.282 e. The molecule has 0 aromatic heterocycles. The lowest BCUT2D eigenvalue weighted by Crippen LogP contribution is -3.12. The van der Waals surface area contributed by atoms with E-state index in [0.29, 0.717) is 27.8 Å². The predicted octanol–water partition coefficient (Wildman–Crippen LogP) is 2.13. The van der Waals surface area contributed by atoms with E-state index in [2.05, 4.69) is 5.32 Å². The average Bonchev–Trinajstić information content (AvgIpc) is 2.57. The Morgan fingerprint density at radius 1 is 1.12 bits per heavy atom. The summed E-state index contributed by atoms with van der Waals surface area (Å²) in [6.45, 7) is 2.48. The Balaban J connectivity index is 1.98. The van der Waals surface area contributed by atoms with Gasteiger partial charge in [-0.3, -0.25) is 9.59 Å². The van der Waals surface area contributed by atoms with Gasteiger partial charge in [-0.15, -0.1) is 0 Å². The van der Waals surface area contributed by atoms with Crippen molar-refractivity contribution >= 4 is 40.7 Å². The number of halogens is 2. The van der Waals surface area contributed by atoms with Crippen LogP contribution in [0.5, 0.6) is 0 Å². The normalized spacial score (nSPS) is 13.1. The third-order valence-corrected chi connectivity index (χ3v) is 4.78. The Kier molecular flexibility index (Phi) is 6.42. The summed E-state index contributed by atoms with van der Waals surface area (Å²) < 4.78 is 0. The molecule has 0 spiro atoms. The zero-order chi connectivity index (χ0) is 18.6. The van der Waals surface area contributed by atoms with Crippen molar-refractivity contribution in [1.29, 1.82) is 0 Å². The molecule has 5 nitrogen and oxygen atoms in total. The fraction of sp³-hybridized carbons (Fsp3) is 0.222. The van der Waals surface area contributed by atoms with Crippen molar-refractivity contribution in [2.45, 2.75) is 19.5 Å². The average molecular weight is 381 g/mol. The molecule has 25 heavy (non-hydrogen) atoms. The Morgan fingerprint density at radius 2 is 1.76 bits per heavy atom. The van der Waals surface area contributed by atoms with Crippen LogP contribution < -0.4 is 16.0 Å². The first-order valence-corrected chi connectivity index (χ1v) is 8.50. The van der Waals surface area contributed by atoms with Crippen molar-refractivity contribution in [1.82, 2.24) is 0 Å². The van der Waals surface area contributed by atoms with Crippen molar-refractivity contribution in [3.05, 3.63) is 63.6 Å². The van der Waals surface area contributed by atoms with E-state index in [9.17, 15) is 9.59 Å². The number of hydrogen-bond donors (Lipinski definition) is 3. The van der Waals surface area contributed by atoms with E-state index in [-0.39, 0.29) is 11.9 Å². The van der Waals surface area contributed by atoms with E-state index in [0.717, 1.165) is 10.5 Å². The third-order valence-electron chi connectivity index (χ3n) is 4.04. The van der Waals surface area contributed by atoms with Crippen LogP contribution in [0.25, 0.3) is 0 Å². The van der Waals surface area contributed by atoms with Crippen LogP contribution >= 0.6 is 23.2 Å². The van der Waals surface area contributed by atoms with E-state index in [1.807, 2.05) is 20.0 Å². The van der Waals surface area contributed by atoms with Crippen molar-refractivity contribution in [3.63, 3.8) is 0 Å². The lowest BCUT2D eigenvalue weighted by atomic mass is 10.1. The van der Waals surface area contributed by atoms with Crippen LogP contribution in [0.4, 0.5) is 5.69 Å². The summed E-state index contributed by atoms with van der Waals surface area (Å²) in [4.78, 5) is 24.5. The topological polar surface area (TPSA) is 76.6 Å². The fourth-order valence-corrected chi connectivity index (χ4v) is 2.64. The van der Waals surface area contributed by atoms with E-state index in [1.54, 1.807) is 36.4 Å². The second kappa shape index (κ2) is 8.34. The molecule has 0 aliphatic heterocycles. The van der Waals surface area contributed by atoms with Gasteiger partial charge in [0.15, 0.2) is 6.04 Å². The zero-order valence-electron chi connectivity index (χ0n) is 14.0. The van der Waals surface area contributed by atoms with E-state index in [4.69, 9.17) is 28.9 Å². The summed E-state index contributed by atoms with van der Waals surface area (Å²) in [5, 5.41) is 3.84. The Morgan fingerprint density at radius 3 is 2.32 bits per heavy atom. The van der Waals surface area contributed by atoms with E-state index in [1.165, 1.54) is 0 Å². The number of nitrogens with one attached hydrogen (secondary N) is 2.